The number of aromatic nitrogens is 4. The van der Waals surface area contributed by atoms with Gasteiger partial charge in [0, 0.05) is 29.0 Å². The number of aromatic amines is 1. The van der Waals surface area contributed by atoms with Gasteiger partial charge < -0.3 is 25.3 Å². The number of amides is 1. The maximum absolute atomic E-state index is 11.9. The van der Waals surface area contributed by atoms with Crippen molar-refractivity contribution in [1.82, 2.24) is 24.8 Å². The molecule has 0 unspecified atom stereocenters. The van der Waals surface area contributed by atoms with Gasteiger partial charge in [-0.2, -0.15) is 0 Å². The summed E-state index contributed by atoms with van der Waals surface area (Å²) in [6, 6.07) is 6.02. The second kappa shape index (κ2) is 7.34. The summed E-state index contributed by atoms with van der Waals surface area (Å²) in [5, 5.41) is 0. The second-order valence-corrected chi connectivity index (χ2v) is 6.74. The molecule has 28 heavy (non-hydrogen) atoms. The number of hydrogen-bond donors (Lipinski definition) is 2. The van der Waals surface area contributed by atoms with Gasteiger partial charge in [-0.15, -0.1) is 0 Å². The van der Waals surface area contributed by atoms with E-state index in [9.17, 15) is 4.79 Å². The molecule has 1 aromatic carbocycles. The Morgan fingerprint density at radius 2 is 2.07 bits per heavy atom. The van der Waals surface area contributed by atoms with Crippen molar-refractivity contribution in [2.75, 3.05) is 43.4 Å². The van der Waals surface area contributed by atoms with Gasteiger partial charge in [-0.1, -0.05) is 6.07 Å². The molecule has 3 heterocycles. The molecule has 1 amide bonds. The summed E-state index contributed by atoms with van der Waals surface area (Å²) < 4.78 is 5.06. The first-order valence-electron chi connectivity index (χ1n) is 9.31. The summed E-state index contributed by atoms with van der Waals surface area (Å²) >= 11 is 0. The van der Waals surface area contributed by atoms with Crippen LogP contribution in [0.3, 0.4) is 0 Å². The predicted octanol–water partition coefficient (Wildman–Crippen LogP) is 2.68. The molecule has 0 radical (unpaired) electrons. The number of nitrogens with two attached hydrogens (primary N) is 1. The van der Waals surface area contributed by atoms with Gasteiger partial charge in [-0.3, -0.25) is 0 Å². The summed E-state index contributed by atoms with van der Waals surface area (Å²) in [5.74, 6) is 1.63. The minimum atomic E-state index is -0.274. The average Bonchev–Trinajstić information content (AvgIpc) is 3.11. The Kier molecular flexibility index (Phi) is 4.72. The van der Waals surface area contributed by atoms with Crippen molar-refractivity contribution in [2.45, 2.75) is 13.8 Å². The topological polar surface area (TPSA) is 113 Å². The van der Waals surface area contributed by atoms with Gasteiger partial charge in [-0.25, -0.2) is 19.7 Å². The van der Waals surface area contributed by atoms with Crippen LogP contribution in [0.2, 0.25) is 0 Å². The summed E-state index contributed by atoms with van der Waals surface area (Å²) in [5.41, 5.74) is 9.54. The Morgan fingerprint density at radius 1 is 1.29 bits per heavy atom. The Balaban J connectivity index is 0.00000160. The molecule has 0 aliphatic carbocycles. The fourth-order valence-corrected chi connectivity index (χ4v) is 3.28. The molecular weight excluding hydrogens is 358 g/mol. The quantitative estimate of drug-likeness (QED) is 0.712. The van der Waals surface area contributed by atoms with Crippen LogP contribution in [0, 0.1) is 6.92 Å². The Morgan fingerprint density at radius 3 is 2.82 bits per heavy atom. The van der Waals surface area contributed by atoms with Crippen LogP contribution in [0.15, 0.2) is 24.4 Å². The van der Waals surface area contributed by atoms with E-state index in [1.54, 1.807) is 18.0 Å². The summed E-state index contributed by atoms with van der Waals surface area (Å²) in [6.07, 6.45) is 1.38. The zero-order chi connectivity index (χ0) is 19.7. The highest BCUT2D eigenvalue weighted by Gasteiger charge is 2.24. The van der Waals surface area contributed by atoms with E-state index in [-0.39, 0.29) is 8.95 Å². The molecule has 3 aromatic rings. The average molecular weight is 385 g/mol. The number of carbonyl (C=O) groups is 1. The van der Waals surface area contributed by atoms with Crippen molar-refractivity contribution < 1.29 is 12.4 Å². The van der Waals surface area contributed by atoms with Crippen molar-refractivity contribution in [3.05, 3.63) is 30.0 Å². The fraction of sp³-hybridized carbons (Fsp3) is 0.368. The first-order valence-corrected chi connectivity index (χ1v) is 9.31. The number of hydrogen-bond acceptors (Lipinski definition) is 7. The molecule has 2 aromatic heterocycles. The number of nitrogen functional groups attached to an aromatic ring is 1. The molecule has 1 fully saturated rings. The summed E-state index contributed by atoms with van der Waals surface area (Å²) in [4.78, 5) is 32.5. The molecule has 0 atom stereocenters. The number of aryl methyl sites for hydroxylation is 1. The van der Waals surface area contributed by atoms with Crippen LogP contribution in [0.1, 0.15) is 15.3 Å². The molecule has 1 saturated heterocycles. The number of ether oxygens (including phenoxy) is 1. The zero-order valence-corrected chi connectivity index (χ0v) is 16.0. The predicted molar refractivity (Wildman–Crippen MR) is 111 cm³/mol. The van der Waals surface area contributed by atoms with E-state index in [4.69, 9.17) is 15.5 Å². The Labute approximate surface area is 165 Å². The SMILES string of the molecule is CCOC(=O)N1CCN(c2cnc(N)c(-c3nc4ccc(C)cc4[nH]3)n2)CC1.[HH].[HH]. The maximum Gasteiger partial charge on any atom is 0.409 e. The normalized spacial score (nSPS) is 14.5. The standard InChI is InChI=1S/C19H23N7O2.2H2/c1-3-28-19(27)26-8-6-25(7-9-26)15-11-21-17(20)16(24-15)18-22-13-5-4-12(2)10-14(13)23-18;;/h4-5,10-11H,3,6-9H2,1-2H3,(H2,20,21)(H,22,23);2*1H. The van der Waals surface area contributed by atoms with E-state index in [2.05, 4.69) is 19.9 Å². The lowest BCUT2D eigenvalue weighted by Crippen LogP contribution is -2.49. The van der Waals surface area contributed by atoms with E-state index in [0.717, 1.165) is 16.6 Å². The third-order valence-corrected chi connectivity index (χ3v) is 4.78. The third kappa shape index (κ3) is 3.42. The van der Waals surface area contributed by atoms with Crippen molar-refractivity contribution in [3.8, 4) is 11.5 Å². The number of H-pyrrole nitrogens is 1. The molecule has 3 N–H and O–H groups in total. The lowest BCUT2D eigenvalue weighted by atomic mass is 10.2. The zero-order valence-electron chi connectivity index (χ0n) is 16.0. The number of nitrogens with zero attached hydrogens (tertiary/aromatic N) is 5. The molecule has 0 spiro atoms. The number of nitrogens with one attached hydrogen (secondary N) is 1. The number of fused-ring (bicyclic) bond motifs is 1. The first-order chi connectivity index (χ1) is 13.5. The Bertz CT molecular complexity index is 1020. The molecule has 1 aliphatic rings. The highest BCUT2D eigenvalue weighted by atomic mass is 16.6. The fourth-order valence-electron chi connectivity index (χ4n) is 3.28. The molecule has 4 rings (SSSR count). The van der Waals surface area contributed by atoms with E-state index < -0.39 is 0 Å². The van der Waals surface area contributed by atoms with Crippen LogP contribution < -0.4 is 10.6 Å². The molecule has 0 saturated carbocycles. The monoisotopic (exact) mass is 385 g/mol. The van der Waals surface area contributed by atoms with Gasteiger partial charge in [0.15, 0.2) is 17.3 Å². The van der Waals surface area contributed by atoms with E-state index in [0.29, 0.717) is 55.9 Å². The smallest absolute Gasteiger partial charge is 0.409 e. The van der Waals surface area contributed by atoms with Crippen molar-refractivity contribution in [1.29, 1.82) is 0 Å². The minimum Gasteiger partial charge on any atom is -0.450 e. The van der Waals surface area contributed by atoms with Crippen LogP contribution in [0.4, 0.5) is 16.4 Å². The minimum absolute atomic E-state index is 0. The van der Waals surface area contributed by atoms with Crippen molar-refractivity contribution >= 4 is 28.8 Å². The highest BCUT2D eigenvalue weighted by Crippen LogP contribution is 2.25. The molecule has 0 bridgehead atoms. The van der Waals surface area contributed by atoms with Gasteiger partial charge in [0.1, 0.15) is 5.82 Å². The summed E-state index contributed by atoms with van der Waals surface area (Å²) in [7, 11) is 0. The number of piperazine rings is 1. The molecule has 9 nitrogen and oxygen atoms in total. The summed E-state index contributed by atoms with van der Waals surface area (Å²) in [6.45, 7) is 6.66. The first kappa shape index (κ1) is 18.0. The van der Waals surface area contributed by atoms with Gasteiger partial charge >= 0.3 is 6.09 Å². The van der Waals surface area contributed by atoms with Crippen LogP contribution in [0.5, 0.6) is 0 Å². The lowest BCUT2D eigenvalue weighted by Gasteiger charge is -2.34. The van der Waals surface area contributed by atoms with Crippen LogP contribution >= 0.6 is 0 Å². The van der Waals surface area contributed by atoms with Crippen molar-refractivity contribution in [2.24, 2.45) is 0 Å². The largest absolute Gasteiger partial charge is 0.450 e. The van der Waals surface area contributed by atoms with Crippen molar-refractivity contribution in [3.63, 3.8) is 0 Å². The van der Waals surface area contributed by atoms with Gasteiger partial charge in [0.25, 0.3) is 0 Å². The van der Waals surface area contributed by atoms with E-state index in [1.807, 2.05) is 25.1 Å². The third-order valence-electron chi connectivity index (χ3n) is 4.78. The lowest BCUT2D eigenvalue weighted by molar-refractivity contribution is 0.105. The van der Waals surface area contributed by atoms with Gasteiger partial charge in [-0.05, 0) is 31.5 Å². The second-order valence-electron chi connectivity index (χ2n) is 6.74. The molecular formula is C19H27N7O2. The highest BCUT2D eigenvalue weighted by molar-refractivity contribution is 5.81. The van der Waals surface area contributed by atoms with Crippen LogP contribution in [-0.2, 0) is 4.74 Å². The number of rotatable bonds is 3. The molecule has 9 heteroatoms. The Hall–Kier alpha value is -3.36. The maximum atomic E-state index is 11.9. The van der Waals surface area contributed by atoms with Gasteiger partial charge in [0.2, 0.25) is 0 Å². The van der Waals surface area contributed by atoms with Gasteiger partial charge in [0.05, 0.1) is 23.8 Å². The van der Waals surface area contributed by atoms with Crippen LogP contribution in [-0.4, -0.2) is 63.7 Å². The molecule has 1 aliphatic heterocycles. The van der Waals surface area contributed by atoms with E-state index in [1.165, 1.54) is 0 Å². The number of benzene rings is 1. The van der Waals surface area contributed by atoms with E-state index >= 15 is 0 Å². The number of carbonyl (C=O) groups excluding carboxylic acids is 1. The number of anilines is 2. The van der Waals surface area contributed by atoms with Crippen LogP contribution in [0.25, 0.3) is 22.6 Å². The molecule has 150 valence electrons. The number of imidazole rings is 1.